The van der Waals surface area contributed by atoms with Crippen LogP contribution in [0.2, 0.25) is 0 Å². The second kappa shape index (κ2) is 21.4. The van der Waals surface area contributed by atoms with Gasteiger partial charge in [-0.3, -0.25) is 19.2 Å². The number of hydrogen-bond donors (Lipinski definition) is 3. The van der Waals surface area contributed by atoms with E-state index in [-0.39, 0.29) is 36.5 Å². The molecule has 2 amide bonds. The van der Waals surface area contributed by atoms with Crippen LogP contribution in [0.3, 0.4) is 0 Å². The molecule has 0 saturated heterocycles. The highest BCUT2D eigenvalue weighted by Gasteiger charge is 2.34. The van der Waals surface area contributed by atoms with Crippen molar-refractivity contribution in [3.8, 4) is 0 Å². The number of esters is 1. The number of nitrogens with zero attached hydrogens (tertiary/aromatic N) is 2. The summed E-state index contributed by atoms with van der Waals surface area (Å²) in [6, 6.07) is 6.67. The van der Waals surface area contributed by atoms with Gasteiger partial charge in [0.1, 0.15) is 17.0 Å². The molecular weight excluding hydrogens is 657 g/mol. The molecule has 0 aliphatic carbocycles. The van der Waals surface area contributed by atoms with Crippen molar-refractivity contribution < 1.29 is 33.8 Å². The average molecular weight is 715 g/mol. The lowest BCUT2D eigenvalue weighted by molar-refractivity contribution is -0.149. The van der Waals surface area contributed by atoms with E-state index in [4.69, 9.17) is 4.74 Å². The molecule has 2 rings (SSSR count). The highest BCUT2D eigenvalue weighted by Crippen LogP contribution is 2.32. The zero-order chi connectivity index (χ0) is 37.3. The van der Waals surface area contributed by atoms with Gasteiger partial charge in [-0.05, 0) is 63.1 Å². The van der Waals surface area contributed by atoms with E-state index in [0.29, 0.717) is 30.8 Å². The normalized spacial score (nSPS) is 13.3. The number of unbranched alkanes of at least 4 members (excludes halogenated alkanes) is 4. The maximum absolute atomic E-state index is 13.6. The number of rotatable bonds is 24. The van der Waals surface area contributed by atoms with Crippen molar-refractivity contribution in [2.45, 2.75) is 131 Å². The smallest absolute Gasteiger partial charge is 0.309 e. The minimum Gasteiger partial charge on any atom is -0.481 e. The maximum atomic E-state index is 13.6. The Morgan fingerprint density at radius 3 is 2.30 bits per heavy atom. The van der Waals surface area contributed by atoms with E-state index in [1.54, 1.807) is 19.2 Å². The van der Waals surface area contributed by atoms with Gasteiger partial charge >= 0.3 is 11.9 Å². The summed E-state index contributed by atoms with van der Waals surface area (Å²) < 4.78 is 5.80. The minimum absolute atomic E-state index is 0.0840. The van der Waals surface area contributed by atoms with Gasteiger partial charge in [0.2, 0.25) is 5.91 Å². The number of ether oxygens (including phenoxy) is 1. The number of aldehydes is 1. The van der Waals surface area contributed by atoms with Crippen LogP contribution in [0.25, 0.3) is 0 Å². The van der Waals surface area contributed by atoms with Crippen LogP contribution < -0.4 is 10.6 Å². The molecule has 1 heterocycles. The fraction of sp³-hybridized carbons (Fsp3) is 0.632. The summed E-state index contributed by atoms with van der Waals surface area (Å²) in [5, 5.41) is 17.9. The van der Waals surface area contributed by atoms with E-state index in [1.165, 1.54) is 18.3 Å². The molecule has 0 fully saturated rings. The summed E-state index contributed by atoms with van der Waals surface area (Å²) in [4.78, 5) is 68.7. The number of carboxylic acids is 1. The topological polar surface area (TPSA) is 155 Å². The van der Waals surface area contributed by atoms with E-state index in [9.17, 15) is 29.1 Å². The maximum Gasteiger partial charge on any atom is 0.309 e. The Morgan fingerprint density at radius 1 is 1.04 bits per heavy atom. The lowest BCUT2D eigenvalue weighted by Crippen LogP contribution is -2.45. The first kappa shape index (κ1) is 42.4. The molecule has 2 aromatic rings. The van der Waals surface area contributed by atoms with Crippen molar-refractivity contribution >= 4 is 47.1 Å². The molecule has 278 valence electrons. The molecule has 0 radical (unpaired) electrons. The Morgan fingerprint density at radius 2 is 1.72 bits per heavy atom. The van der Waals surface area contributed by atoms with Gasteiger partial charge in [0.15, 0.2) is 6.10 Å². The molecule has 0 spiro atoms. The monoisotopic (exact) mass is 714 g/mol. The number of aliphatic carboxylic acids is 1. The van der Waals surface area contributed by atoms with E-state index in [0.717, 1.165) is 56.1 Å². The third kappa shape index (κ3) is 14.2. The molecule has 0 aliphatic heterocycles. The Balaban J connectivity index is 2.33. The van der Waals surface area contributed by atoms with Crippen molar-refractivity contribution in [1.82, 2.24) is 15.2 Å². The zero-order valence-corrected chi connectivity index (χ0v) is 31.8. The van der Waals surface area contributed by atoms with Crippen molar-refractivity contribution in [1.29, 1.82) is 0 Å². The third-order valence-corrected chi connectivity index (χ3v) is 9.71. The fourth-order valence-corrected chi connectivity index (χ4v) is 6.75. The Kier molecular flexibility index (Phi) is 18.2. The number of hydrogen-bond acceptors (Lipinski definition) is 9. The van der Waals surface area contributed by atoms with Crippen LogP contribution in [-0.2, 0) is 30.3 Å². The minimum atomic E-state index is -1.11. The number of thiazole rings is 1. The van der Waals surface area contributed by atoms with Crippen LogP contribution in [0, 0.1) is 11.3 Å². The average Bonchev–Trinajstić information content (AvgIpc) is 3.56. The van der Waals surface area contributed by atoms with Gasteiger partial charge in [-0.1, -0.05) is 65.5 Å². The van der Waals surface area contributed by atoms with Crippen LogP contribution in [-0.4, -0.2) is 70.2 Å². The van der Waals surface area contributed by atoms with E-state index in [1.807, 2.05) is 29.2 Å². The molecule has 0 aliphatic rings. The molecule has 1 aromatic heterocycles. The Bertz CT molecular complexity index is 1380. The number of aromatic nitrogens is 1. The molecule has 50 heavy (non-hydrogen) atoms. The highest BCUT2D eigenvalue weighted by atomic mass is 32.1. The van der Waals surface area contributed by atoms with Crippen LogP contribution in [0.4, 0.5) is 5.69 Å². The van der Waals surface area contributed by atoms with Gasteiger partial charge in [0, 0.05) is 49.5 Å². The second-order valence-electron chi connectivity index (χ2n) is 14.0. The second-order valence-corrected chi connectivity index (χ2v) is 14.9. The van der Waals surface area contributed by atoms with E-state index < -0.39 is 35.4 Å². The molecule has 1 aromatic carbocycles. The molecule has 3 N–H and O–H groups in total. The summed E-state index contributed by atoms with van der Waals surface area (Å²) in [5.74, 6) is -1.73. The van der Waals surface area contributed by atoms with Crippen molar-refractivity contribution in [2.24, 2.45) is 11.3 Å². The molecular formula is C38H58N4O7S. The first-order chi connectivity index (χ1) is 23.7. The number of amides is 2. The Labute approximate surface area is 302 Å². The molecule has 3 unspecified atom stereocenters. The Hall–Kier alpha value is -3.80. The first-order valence-electron chi connectivity index (χ1n) is 17.9. The SMILES string of the molecule is CCCCCCN(C(=O)CCCC)C(CC(OC(C)=O)c1nc(C(=O)NC(Cc2ccc(NCC=O)cc2)CC(C)(C)C(=O)O)cs1)C(C)C. The van der Waals surface area contributed by atoms with Crippen LogP contribution in [0.5, 0.6) is 0 Å². The van der Waals surface area contributed by atoms with Gasteiger partial charge < -0.3 is 30.2 Å². The standard InChI is InChI=1S/C38H58N4O7S/c1-8-10-12-13-20-42(34(45)14-11-9-2)32(26(3)4)23-33(49-27(5)44)36-41-31(25-50-36)35(46)40-30(24-38(6,7)37(47)48)22-28-15-17-29(18-16-28)39-19-21-43/h15-18,21,25-26,30,32-33,39H,8-14,19-20,22-24H2,1-7H3,(H,40,46)(H,47,48). The summed E-state index contributed by atoms with van der Waals surface area (Å²) >= 11 is 1.22. The zero-order valence-electron chi connectivity index (χ0n) is 31.0. The van der Waals surface area contributed by atoms with Crippen LogP contribution >= 0.6 is 11.3 Å². The third-order valence-electron chi connectivity index (χ3n) is 8.78. The number of benzene rings is 1. The lowest BCUT2D eigenvalue weighted by atomic mass is 9.84. The summed E-state index contributed by atoms with van der Waals surface area (Å²) in [7, 11) is 0. The summed E-state index contributed by atoms with van der Waals surface area (Å²) in [5.41, 5.74) is 0.689. The number of nitrogens with one attached hydrogen (secondary N) is 2. The number of carbonyl (C=O) groups excluding carboxylic acids is 4. The van der Waals surface area contributed by atoms with E-state index >= 15 is 0 Å². The van der Waals surface area contributed by atoms with Crippen molar-refractivity contribution in [2.75, 3.05) is 18.4 Å². The number of anilines is 1. The molecule has 12 heteroatoms. The molecule has 11 nitrogen and oxygen atoms in total. The van der Waals surface area contributed by atoms with E-state index in [2.05, 4.69) is 43.3 Å². The van der Waals surface area contributed by atoms with Gasteiger partial charge in [0.25, 0.3) is 5.91 Å². The highest BCUT2D eigenvalue weighted by molar-refractivity contribution is 7.09. The number of carbonyl (C=O) groups is 5. The quantitative estimate of drug-likeness (QED) is 0.0581. The molecule has 0 bridgehead atoms. The summed E-state index contributed by atoms with van der Waals surface area (Å²) in [6.07, 6.45) is 7.24. The summed E-state index contributed by atoms with van der Waals surface area (Å²) in [6.45, 7) is 13.8. The molecule has 3 atom stereocenters. The van der Waals surface area contributed by atoms with Gasteiger partial charge in [-0.25, -0.2) is 4.98 Å². The van der Waals surface area contributed by atoms with Gasteiger partial charge in [-0.2, -0.15) is 0 Å². The molecule has 0 saturated carbocycles. The van der Waals surface area contributed by atoms with Gasteiger partial charge in [0.05, 0.1) is 12.0 Å². The fourth-order valence-electron chi connectivity index (χ4n) is 5.91. The lowest BCUT2D eigenvalue weighted by Gasteiger charge is -2.36. The number of carboxylic acid groups (broad SMARTS) is 1. The first-order valence-corrected chi connectivity index (χ1v) is 18.8. The van der Waals surface area contributed by atoms with Crippen molar-refractivity contribution in [3.05, 3.63) is 45.9 Å². The predicted octanol–water partition coefficient (Wildman–Crippen LogP) is 7.21. The van der Waals surface area contributed by atoms with Crippen LogP contribution in [0.15, 0.2) is 29.6 Å². The predicted molar refractivity (Wildman–Crippen MR) is 197 cm³/mol. The van der Waals surface area contributed by atoms with Crippen molar-refractivity contribution in [3.63, 3.8) is 0 Å². The van der Waals surface area contributed by atoms with Crippen LogP contribution in [0.1, 0.15) is 133 Å². The van der Waals surface area contributed by atoms with Gasteiger partial charge in [-0.15, -0.1) is 11.3 Å². The largest absolute Gasteiger partial charge is 0.481 e.